The number of nitrogens with two attached hydrogens (primary N) is 1. The minimum atomic E-state index is -1.12. The quantitative estimate of drug-likeness (QED) is 0.723. The summed E-state index contributed by atoms with van der Waals surface area (Å²) in [6, 6.07) is 5.43. The van der Waals surface area contributed by atoms with Crippen LogP contribution in [-0.2, 0) is 16.0 Å². The van der Waals surface area contributed by atoms with Crippen LogP contribution in [0.5, 0.6) is 5.75 Å². The molecule has 1 heterocycles. The van der Waals surface area contributed by atoms with Crippen LogP contribution < -0.4 is 10.5 Å². The van der Waals surface area contributed by atoms with Crippen molar-refractivity contribution in [3.8, 4) is 5.75 Å². The van der Waals surface area contributed by atoms with Crippen molar-refractivity contribution in [3.05, 3.63) is 29.8 Å². The number of β-amino-alcohol motifs (C(OH)–C–C–N with tert-alkyl or cyclic N) is 1. The van der Waals surface area contributed by atoms with Crippen LogP contribution in [0.1, 0.15) is 32.8 Å². The number of hydrogen-bond donors (Lipinski definition) is 3. The second kappa shape index (κ2) is 7.41. The fraction of sp³-hybridized carbons (Fsp3) is 0.556. The third-order valence-electron chi connectivity index (χ3n) is 3.97. The molecule has 1 amide bonds. The molecule has 1 aromatic rings. The first-order valence-corrected chi connectivity index (χ1v) is 8.31. The number of carboxylic acid groups (broad SMARTS) is 1. The summed E-state index contributed by atoms with van der Waals surface area (Å²) < 4.78 is 5.74. The molecule has 2 rings (SSSR count). The molecule has 7 heteroatoms. The van der Waals surface area contributed by atoms with Gasteiger partial charge in [-0.25, -0.2) is 4.79 Å². The number of carboxylic acids is 1. The molecule has 1 aliphatic heterocycles. The van der Waals surface area contributed by atoms with E-state index < -0.39 is 30.1 Å². The minimum Gasteiger partial charge on any atom is -0.488 e. The van der Waals surface area contributed by atoms with E-state index in [2.05, 4.69) is 0 Å². The van der Waals surface area contributed by atoms with E-state index in [9.17, 15) is 19.8 Å². The van der Waals surface area contributed by atoms with Gasteiger partial charge in [0.2, 0.25) is 5.91 Å². The molecule has 25 heavy (non-hydrogen) atoms. The normalized spacial score (nSPS) is 21.9. The summed E-state index contributed by atoms with van der Waals surface area (Å²) >= 11 is 0. The van der Waals surface area contributed by atoms with E-state index in [-0.39, 0.29) is 25.0 Å². The maximum absolute atomic E-state index is 12.5. The van der Waals surface area contributed by atoms with E-state index in [0.29, 0.717) is 0 Å². The third kappa shape index (κ3) is 5.17. The summed E-state index contributed by atoms with van der Waals surface area (Å²) in [4.78, 5) is 24.9. The first kappa shape index (κ1) is 19.2. The van der Waals surface area contributed by atoms with Gasteiger partial charge in [0.25, 0.3) is 0 Å². The van der Waals surface area contributed by atoms with Crippen molar-refractivity contribution in [2.45, 2.75) is 57.4 Å². The lowest BCUT2D eigenvalue weighted by molar-refractivity contribution is -0.148. The fourth-order valence-electron chi connectivity index (χ4n) is 2.89. The van der Waals surface area contributed by atoms with Crippen LogP contribution in [0.3, 0.4) is 0 Å². The van der Waals surface area contributed by atoms with E-state index in [1.54, 1.807) is 0 Å². The number of carbonyl (C=O) groups is 2. The van der Waals surface area contributed by atoms with Crippen LogP contribution >= 0.6 is 0 Å². The highest BCUT2D eigenvalue weighted by Gasteiger charge is 2.40. The van der Waals surface area contributed by atoms with E-state index in [4.69, 9.17) is 10.5 Å². The highest BCUT2D eigenvalue weighted by molar-refractivity contribution is 5.87. The molecular weight excluding hydrogens is 324 g/mol. The number of carbonyl (C=O) groups excluding carboxylic acids is 1. The molecule has 0 saturated carbocycles. The van der Waals surface area contributed by atoms with Gasteiger partial charge < -0.3 is 25.6 Å². The Balaban J connectivity index is 2.00. The Bertz CT molecular complexity index is 623. The number of hydrogen-bond acceptors (Lipinski definition) is 5. The summed E-state index contributed by atoms with van der Waals surface area (Å²) in [7, 11) is 0. The van der Waals surface area contributed by atoms with Gasteiger partial charge in [-0.15, -0.1) is 0 Å². The Morgan fingerprint density at radius 2 is 1.92 bits per heavy atom. The van der Waals surface area contributed by atoms with Gasteiger partial charge in [0.05, 0.1) is 12.1 Å². The number of nitrogens with zero attached hydrogens (tertiary/aromatic N) is 1. The van der Waals surface area contributed by atoms with Crippen molar-refractivity contribution in [2.75, 3.05) is 6.54 Å². The topological polar surface area (TPSA) is 113 Å². The van der Waals surface area contributed by atoms with Crippen molar-refractivity contribution in [2.24, 2.45) is 5.73 Å². The molecule has 138 valence electrons. The van der Waals surface area contributed by atoms with Gasteiger partial charge in [-0.05, 0) is 44.9 Å². The van der Waals surface area contributed by atoms with Gasteiger partial charge in [0, 0.05) is 13.0 Å². The highest BCUT2D eigenvalue weighted by atomic mass is 16.5. The predicted molar refractivity (Wildman–Crippen MR) is 92.3 cm³/mol. The third-order valence-corrected chi connectivity index (χ3v) is 3.97. The first-order chi connectivity index (χ1) is 11.6. The Labute approximate surface area is 147 Å². The number of rotatable bonds is 5. The molecule has 3 atom stereocenters. The van der Waals surface area contributed by atoms with Crippen LogP contribution in [-0.4, -0.2) is 57.3 Å². The van der Waals surface area contributed by atoms with Crippen LogP contribution in [0.2, 0.25) is 0 Å². The first-order valence-electron chi connectivity index (χ1n) is 8.31. The number of benzene rings is 1. The average molecular weight is 350 g/mol. The predicted octanol–water partition coefficient (Wildman–Crippen LogP) is 0.780. The smallest absolute Gasteiger partial charge is 0.326 e. The maximum Gasteiger partial charge on any atom is 0.326 e. The molecule has 1 saturated heterocycles. The standard InChI is InChI=1S/C18H26N2O5/c1-18(2,3)25-13-6-4-11(5-7-13)8-14(19)16(22)20-10-12(21)9-15(20)17(23)24/h4-7,12,14-15,21H,8-10,19H2,1-3H3,(H,23,24)/t12-,14-,15+/m1/s1. The largest absolute Gasteiger partial charge is 0.488 e. The van der Waals surface area contributed by atoms with E-state index >= 15 is 0 Å². The Morgan fingerprint density at radius 1 is 1.32 bits per heavy atom. The molecule has 7 nitrogen and oxygen atoms in total. The number of amides is 1. The van der Waals surface area contributed by atoms with Gasteiger partial charge in [-0.2, -0.15) is 0 Å². The lowest BCUT2D eigenvalue weighted by Crippen LogP contribution is -2.49. The fourth-order valence-corrected chi connectivity index (χ4v) is 2.89. The van der Waals surface area contributed by atoms with Crippen LogP contribution in [0.15, 0.2) is 24.3 Å². The van der Waals surface area contributed by atoms with Gasteiger partial charge in [-0.3, -0.25) is 4.79 Å². The summed E-state index contributed by atoms with van der Waals surface area (Å²) in [5.74, 6) is -0.857. The van der Waals surface area contributed by atoms with Crippen molar-refractivity contribution in [1.29, 1.82) is 0 Å². The Morgan fingerprint density at radius 3 is 2.44 bits per heavy atom. The van der Waals surface area contributed by atoms with Crippen LogP contribution in [0.25, 0.3) is 0 Å². The van der Waals surface area contributed by atoms with Gasteiger partial charge in [0.1, 0.15) is 17.4 Å². The van der Waals surface area contributed by atoms with Gasteiger partial charge >= 0.3 is 5.97 Å². The number of aliphatic hydroxyl groups excluding tert-OH is 1. The molecule has 0 aromatic heterocycles. The number of aliphatic carboxylic acids is 1. The van der Waals surface area contributed by atoms with E-state index in [0.717, 1.165) is 16.2 Å². The number of likely N-dealkylation sites (tertiary alicyclic amines) is 1. The van der Waals surface area contributed by atoms with Crippen LogP contribution in [0, 0.1) is 0 Å². The Hall–Kier alpha value is -2.12. The summed E-state index contributed by atoms with van der Waals surface area (Å²) in [6.45, 7) is 5.87. The van der Waals surface area contributed by atoms with Crippen LogP contribution in [0.4, 0.5) is 0 Å². The second-order valence-corrected chi connectivity index (χ2v) is 7.40. The zero-order valence-electron chi connectivity index (χ0n) is 14.8. The SMILES string of the molecule is CC(C)(C)Oc1ccc(C[C@@H](N)C(=O)N2C[C@H](O)C[C@H]2C(=O)O)cc1. The molecule has 0 aliphatic carbocycles. The molecule has 1 aliphatic rings. The van der Waals surface area contributed by atoms with Crippen molar-refractivity contribution >= 4 is 11.9 Å². The molecule has 1 fully saturated rings. The van der Waals surface area contributed by atoms with Gasteiger partial charge in [0.15, 0.2) is 0 Å². The molecule has 1 aromatic carbocycles. The van der Waals surface area contributed by atoms with E-state index in [1.165, 1.54) is 0 Å². The number of aliphatic hydroxyl groups is 1. The highest BCUT2D eigenvalue weighted by Crippen LogP contribution is 2.21. The molecule has 0 unspecified atom stereocenters. The zero-order valence-corrected chi connectivity index (χ0v) is 14.8. The molecule has 0 bridgehead atoms. The maximum atomic E-state index is 12.5. The minimum absolute atomic E-state index is 0.00185. The Kier molecular flexibility index (Phi) is 5.69. The van der Waals surface area contributed by atoms with Crippen molar-refractivity contribution < 1.29 is 24.5 Å². The molecule has 4 N–H and O–H groups in total. The molecule has 0 radical (unpaired) electrons. The summed E-state index contributed by atoms with van der Waals surface area (Å²) in [5, 5.41) is 18.8. The average Bonchev–Trinajstić information content (AvgIpc) is 2.89. The monoisotopic (exact) mass is 350 g/mol. The van der Waals surface area contributed by atoms with Crippen molar-refractivity contribution in [3.63, 3.8) is 0 Å². The lowest BCUT2D eigenvalue weighted by atomic mass is 10.0. The lowest BCUT2D eigenvalue weighted by Gasteiger charge is -2.25. The molecule has 0 spiro atoms. The second-order valence-electron chi connectivity index (χ2n) is 7.40. The van der Waals surface area contributed by atoms with E-state index in [1.807, 2.05) is 45.0 Å². The summed E-state index contributed by atoms with van der Waals surface area (Å²) in [5.41, 5.74) is 6.54. The summed E-state index contributed by atoms with van der Waals surface area (Å²) in [6.07, 6.45) is -0.508. The van der Waals surface area contributed by atoms with Gasteiger partial charge in [-0.1, -0.05) is 12.1 Å². The zero-order chi connectivity index (χ0) is 18.8. The molecular formula is C18H26N2O5. The number of ether oxygens (including phenoxy) is 1. The van der Waals surface area contributed by atoms with Crippen molar-refractivity contribution in [1.82, 2.24) is 4.90 Å².